The Hall–Kier alpha value is -0.975. The number of nitrogens with zero attached hydrogens (tertiary/aromatic N) is 1. The summed E-state index contributed by atoms with van der Waals surface area (Å²) in [6.07, 6.45) is 6.51. The van der Waals surface area contributed by atoms with Crippen molar-refractivity contribution in [1.29, 1.82) is 0 Å². The summed E-state index contributed by atoms with van der Waals surface area (Å²) >= 11 is 1.63. The number of hydrogen-bond donors (Lipinski definition) is 0. The van der Waals surface area contributed by atoms with Crippen LogP contribution in [0.3, 0.4) is 0 Å². The number of likely N-dealkylation sites (tertiary alicyclic amines) is 1. The predicted molar refractivity (Wildman–Crippen MR) is 112 cm³/mol. The third-order valence-electron chi connectivity index (χ3n) is 8.18. The Morgan fingerprint density at radius 2 is 2.04 bits per heavy atom. The van der Waals surface area contributed by atoms with Crippen LogP contribution in [-0.2, 0) is 9.31 Å². The third kappa shape index (κ3) is 2.57. The molecule has 4 nitrogen and oxygen atoms in total. The van der Waals surface area contributed by atoms with Crippen molar-refractivity contribution in [2.75, 3.05) is 12.8 Å². The topological polar surface area (TPSA) is 38.8 Å². The van der Waals surface area contributed by atoms with E-state index in [0.29, 0.717) is 11.3 Å². The van der Waals surface area contributed by atoms with E-state index in [4.69, 9.17) is 9.31 Å². The van der Waals surface area contributed by atoms with Crippen LogP contribution in [0.4, 0.5) is 0 Å². The second kappa shape index (κ2) is 6.51. The first kappa shape index (κ1) is 19.0. The maximum atomic E-state index is 13.4. The van der Waals surface area contributed by atoms with Gasteiger partial charge in [0.1, 0.15) is 0 Å². The Labute approximate surface area is 172 Å². The zero-order valence-electron chi connectivity index (χ0n) is 17.3. The molecule has 5 atom stereocenters. The Kier molecular flexibility index (Phi) is 4.42. The van der Waals surface area contributed by atoms with Gasteiger partial charge in [0.05, 0.1) is 23.2 Å². The molecule has 1 aromatic carbocycles. The number of benzene rings is 1. The summed E-state index contributed by atoms with van der Waals surface area (Å²) in [7, 11) is -0.293. The molecule has 2 bridgehead atoms. The molecule has 28 heavy (non-hydrogen) atoms. The largest absolute Gasteiger partial charge is 0.481 e. The molecule has 150 valence electrons. The average Bonchev–Trinajstić information content (AvgIpc) is 3.30. The van der Waals surface area contributed by atoms with Crippen LogP contribution < -0.4 is 0 Å². The molecule has 5 aliphatic rings. The molecule has 0 radical (unpaired) electrons. The predicted octanol–water partition coefficient (Wildman–Crippen LogP) is 4.28. The Morgan fingerprint density at radius 1 is 1.25 bits per heavy atom. The summed E-state index contributed by atoms with van der Waals surface area (Å²) in [5.41, 5.74) is 0.926. The van der Waals surface area contributed by atoms with Crippen LogP contribution in [0.15, 0.2) is 29.2 Å². The zero-order valence-corrected chi connectivity index (χ0v) is 18.1. The van der Waals surface area contributed by atoms with Crippen molar-refractivity contribution >= 4 is 24.8 Å². The fraction of sp³-hybridized carbons (Fsp3) is 0.682. The Bertz CT molecular complexity index is 802. The van der Waals surface area contributed by atoms with E-state index in [9.17, 15) is 4.79 Å². The fourth-order valence-electron chi connectivity index (χ4n) is 6.37. The van der Waals surface area contributed by atoms with Gasteiger partial charge in [0.2, 0.25) is 0 Å². The van der Waals surface area contributed by atoms with Crippen LogP contribution in [0, 0.1) is 17.3 Å². The molecule has 3 aliphatic carbocycles. The van der Waals surface area contributed by atoms with Crippen LogP contribution in [0.1, 0.15) is 56.8 Å². The van der Waals surface area contributed by atoms with Gasteiger partial charge in [-0.1, -0.05) is 26.0 Å². The SMILES string of the molecule is CSc1ccccc1C(=O)N1CCC[C@H]1B1O[C@@H]2C[C@@H]3C[C@@H](C3(C)C)[C@]2(C)O1. The molecule has 0 unspecified atom stereocenters. The highest BCUT2D eigenvalue weighted by molar-refractivity contribution is 7.98. The second-order valence-electron chi connectivity index (χ2n) is 9.75. The average molecular weight is 399 g/mol. The lowest BCUT2D eigenvalue weighted by Gasteiger charge is -2.64. The Balaban J connectivity index is 1.38. The first-order valence-electron chi connectivity index (χ1n) is 10.6. The molecule has 2 heterocycles. The maximum absolute atomic E-state index is 13.4. The van der Waals surface area contributed by atoms with Gasteiger partial charge in [-0.05, 0) is 68.2 Å². The van der Waals surface area contributed by atoms with E-state index in [1.807, 2.05) is 35.4 Å². The molecule has 0 spiro atoms. The zero-order chi connectivity index (χ0) is 19.7. The van der Waals surface area contributed by atoms with Gasteiger partial charge in [0.25, 0.3) is 5.91 Å². The molecular formula is C22H30BNO3S. The molecule has 3 saturated carbocycles. The van der Waals surface area contributed by atoms with Crippen molar-refractivity contribution in [1.82, 2.24) is 4.90 Å². The van der Waals surface area contributed by atoms with E-state index in [0.717, 1.165) is 42.2 Å². The maximum Gasteiger partial charge on any atom is 0.481 e. The first-order valence-corrected chi connectivity index (χ1v) is 11.9. The van der Waals surface area contributed by atoms with Gasteiger partial charge in [0.15, 0.2) is 0 Å². The number of carbonyl (C=O) groups is 1. The van der Waals surface area contributed by atoms with E-state index < -0.39 is 0 Å². The van der Waals surface area contributed by atoms with Crippen LogP contribution in [0.5, 0.6) is 0 Å². The number of hydrogen-bond acceptors (Lipinski definition) is 4. The molecule has 2 aliphatic heterocycles. The second-order valence-corrected chi connectivity index (χ2v) is 10.6. The molecule has 0 N–H and O–H groups in total. The molecule has 1 aromatic rings. The van der Waals surface area contributed by atoms with Gasteiger partial charge in [0, 0.05) is 11.4 Å². The highest BCUT2D eigenvalue weighted by Crippen LogP contribution is 2.65. The van der Waals surface area contributed by atoms with E-state index in [1.165, 1.54) is 6.42 Å². The summed E-state index contributed by atoms with van der Waals surface area (Å²) in [6.45, 7) is 7.81. The summed E-state index contributed by atoms with van der Waals surface area (Å²) < 4.78 is 13.2. The molecular weight excluding hydrogens is 369 g/mol. The third-order valence-corrected chi connectivity index (χ3v) is 8.98. The lowest BCUT2D eigenvalue weighted by molar-refractivity contribution is -0.199. The smallest absolute Gasteiger partial charge is 0.404 e. The lowest BCUT2D eigenvalue weighted by Crippen LogP contribution is -2.65. The Morgan fingerprint density at radius 3 is 2.79 bits per heavy atom. The monoisotopic (exact) mass is 399 g/mol. The van der Waals surface area contributed by atoms with Gasteiger partial charge in [-0.2, -0.15) is 0 Å². The van der Waals surface area contributed by atoms with Crippen molar-refractivity contribution in [3.05, 3.63) is 29.8 Å². The van der Waals surface area contributed by atoms with Gasteiger partial charge < -0.3 is 14.2 Å². The molecule has 5 fully saturated rings. The van der Waals surface area contributed by atoms with Gasteiger partial charge in [-0.25, -0.2) is 0 Å². The minimum atomic E-state index is -0.293. The van der Waals surface area contributed by atoms with Crippen molar-refractivity contribution in [2.45, 2.75) is 69.0 Å². The molecule has 0 aromatic heterocycles. The summed E-state index contributed by atoms with van der Waals surface area (Å²) in [5, 5.41) is 0. The van der Waals surface area contributed by atoms with Crippen molar-refractivity contribution in [2.24, 2.45) is 17.3 Å². The standard InChI is InChI=1S/C22H30BNO3S/c1-21(2)14-12-17(21)22(3)18(13-14)26-23(27-22)19-10-7-11-24(19)20(25)15-8-5-6-9-16(15)28-4/h5-6,8-9,14,17-19H,7,10-13H2,1-4H3/t14-,17-,18+,19-,22-/m0/s1. The molecule has 6 heteroatoms. The number of amides is 1. The van der Waals surface area contributed by atoms with E-state index in [2.05, 4.69) is 20.8 Å². The van der Waals surface area contributed by atoms with Crippen LogP contribution in [-0.4, -0.2) is 48.4 Å². The van der Waals surface area contributed by atoms with E-state index in [1.54, 1.807) is 11.8 Å². The number of carbonyl (C=O) groups excluding carboxylic acids is 1. The van der Waals surface area contributed by atoms with Crippen LogP contribution in [0.25, 0.3) is 0 Å². The van der Waals surface area contributed by atoms with Gasteiger partial charge in [-0.15, -0.1) is 11.8 Å². The van der Waals surface area contributed by atoms with Crippen molar-refractivity contribution in [3.8, 4) is 0 Å². The normalized spacial score (nSPS) is 38.3. The van der Waals surface area contributed by atoms with Crippen LogP contribution >= 0.6 is 11.8 Å². The summed E-state index contributed by atoms with van der Waals surface area (Å²) in [6, 6.07) is 7.91. The fourth-order valence-corrected chi connectivity index (χ4v) is 6.96. The highest BCUT2D eigenvalue weighted by Gasteiger charge is 2.69. The quantitative estimate of drug-likeness (QED) is 0.562. The molecule has 6 rings (SSSR count). The molecule has 1 amide bonds. The van der Waals surface area contributed by atoms with E-state index in [-0.39, 0.29) is 30.7 Å². The summed E-state index contributed by atoms with van der Waals surface area (Å²) in [5.74, 6) is 1.43. The highest BCUT2D eigenvalue weighted by atomic mass is 32.2. The van der Waals surface area contributed by atoms with Crippen molar-refractivity contribution < 1.29 is 14.1 Å². The summed E-state index contributed by atoms with van der Waals surface area (Å²) in [4.78, 5) is 16.4. The minimum absolute atomic E-state index is 0.0187. The molecule has 2 saturated heterocycles. The minimum Gasteiger partial charge on any atom is -0.404 e. The van der Waals surface area contributed by atoms with Gasteiger partial charge in [-0.3, -0.25) is 4.79 Å². The number of thioether (sulfide) groups is 1. The van der Waals surface area contributed by atoms with E-state index >= 15 is 0 Å². The number of rotatable bonds is 3. The van der Waals surface area contributed by atoms with Crippen LogP contribution in [0.2, 0.25) is 0 Å². The van der Waals surface area contributed by atoms with Gasteiger partial charge >= 0.3 is 7.12 Å². The van der Waals surface area contributed by atoms with Crippen molar-refractivity contribution in [3.63, 3.8) is 0 Å². The lowest BCUT2D eigenvalue weighted by atomic mass is 9.43. The first-order chi connectivity index (χ1) is 13.4.